The third-order valence-electron chi connectivity index (χ3n) is 3.06. The van der Waals surface area contributed by atoms with Crippen molar-refractivity contribution in [2.24, 2.45) is 5.92 Å². The van der Waals surface area contributed by atoms with E-state index in [0.717, 1.165) is 18.7 Å². The summed E-state index contributed by atoms with van der Waals surface area (Å²) in [6.07, 6.45) is 7.12. The first-order valence-corrected chi connectivity index (χ1v) is 5.94. The highest BCUT2D eigenvalue weighted by atomic mass is 16.5. The van der Waals surface area contributed by atoms with Crippen molar-refractivity contribution in [3.05, 3.63) is 30.1 Å². The van der Waals surface area contributed by atoms with E-state index >= 15 is 0 Å². The second-order valence-corrected chi connectivity index (χ2v) is 4.24. The van der Waals surface area contributed by atoms with Crippen LogP contribution in [-0.4, -0.2) is 11.6 Å². The van der Waals surface area contributed by atoms with Crippen LogP contribution < -0.4 is 0 Å². The molecule has 0 amide bonds. The highest BCUT2D eigenvalue weighted by Gasteiger charge is 2.29. The van der Waals surface area contributed by atoms with E-state index in [1.165, 1.54) is 19.3 Å². The Labute approximate surface area is 91.7 Å². The number of hydrogen-bond acceptors (Lipinski definition) is 2. The van der Waals surface area contributed by atoms with Crippen LogP contribution in [-0.2, 0) is 4.74 Å². The van der Waals surface area contributed by atoms with Gasteiger partial charge in [-0.15, -0.1) is 0 Å². The summed E-state index contributed by atoms with van der Waals surface area (Å²) < 4.78 is 5.92. The Hall–Kier alpha value is -0.890. The van der Waals surface area contributed by atoms with E-state index in [2.05, 4.69) is 18.0 Å². The Morgan fingerprint density at radius 1 is 1.47 bits per heavy atom. The molecule has 1 saturated carbocycles. The molecule has 1 heterocycles. The van der Waals surface area contributed by atoms with Gasteiger partial charge in [-0.1, -0.05) is 19.4 Å². The molecule has 1 aromatic heterocycles. The second-order valence-electron chi connectivity index (χ2n) is 4.24. The molecular weight excluding hydrogens is 186 g/mol. The molecule has 82 valence electrons. The molecule has 0 bridgehead atoms. The predicted molar refractivity (Wildman–Crippen MR) is 60.6 cm³/mol. The molecule has 0 aliphatic heterocycles. The van der Waals surface area contributed by atoms with E-state index in [1.54, 1.807) is 0 Å². The van der Waals surface area contributed by atoms with E-state index in [0.29, 0.717) is 5.92 Å². The fourth-order valence-corrected chi connectivity index (χ4v) is 1.99. The van der Waals surface area contributed by atoms with Crippen LogP contribution in [0.1, 0.15) is 44.4 Å². The molecule has 1 fully saturated rings. The third kappa shape index (κ3) is 2.57. The second kappa shape index (κ2) is 5.26. The summed E-state index contributed by atoms with van der Waals surface area (Å²) in [5.41, 5.74) is 1.11. The molecule has 0 radical (unpaired) electrons. The van der Waals surface area contributed by atoms with Gasteiger partial charge in [0, 0.05) is 12.8 Å². The molecule has 2 nitrogen and oxygen atoms in total. The van der Waals surface area contributed by atoms with E-state index in [1.807, 2.05) is 18.3 Å². The number of aromatic nitrogens is 1. The smallest absolute Gasteiger partial charge is 0.102 e. The highest BCUT2D eigenvalue weighted by molar-refractivity contribution is 5.09. The molecule has 1 aliphatic rings. The lowest BCUT2D eigenvalue weighted by Gasteiger charge is -2.33. The topological polar surface area (TPSA) is 22.1 Å². The summed E-state index contributed by atoms with van der Waals surface area (Å²) in [6, 6.07) is 6.09. The van der Waals surface area contributed by atoms with E-state index < -0.39 is 0 Å². The largest absolute Gasteiger partial charge is 0.372 e. The van der Waals surface area contributed by atoms with Gasteiger partial charge in [-0.25, -0.2) is 0 Å². The molecule has 0 aromatic carbocycles. The number of nitrogens with zero attached hydrogens (tertiary/aromatic N) is 1. The lowest BCUT2D eigenvalue weighted by atomic mass is 9.80. The number of rotatable bonds is 5. The summed E-state index contributed by atoms with van der Waals surface area (Å²) in [4.78, 5) is 4.41. The summed E-state index contributed by atoms with van der Waals surface area (Å²) >= 11 is 0. The zero-order valence-corrected chi connectivity index (χ0v) is 9.36. The zero-order chi connectivity index (χ0) is 10.5. The molecule has 1 aliphatic carbocycles. The third-order valence-corrected chi connectivity index (χ3v) is 3.06. The average molecular weight is 205 g/mol. The van der Waals surface area contributed by atoms with E-state index in [9.17, 15) is 0 Å². The monoisotopic (exact) mass is 205 g/mol. The summed E-state index contributed by atoms with van der Waals surface area (Å²) in [6.45, 7) is 2.99. The van der Waals surface area contributed by atoms with Crippen molar-refractivity contribution in [1.29, 1.82) is 0 Å². The van der Waals surface area contributed by atoms with Crippen molar-refractivity contribution in [3.63, 3.8) is 0 Å². The van der Waals surface area contributed by atoms with Crippen molar-refractivity contribution >= 4 is 0 Å². The molecule has 1 atom stereocenters. The first-order chi connectivity index (χ1) is 7.42. The minimum atomic E-state index is 0.236. The fourth-order valence-electron chi connectivity index (χ4n) is 1.99. The number of ether oxygens (including phenoxy) is 1. The lowest BCUT2D eigenvalue weighted by molar-refractivity contribution is -0.0180. The van der Waals surface area contributed by atoms with Gasteiger partial charge in [0.1, 0.15) is 6.10 Å². The van der Waals surface area contributed by atoms with Crippen LogP contribution in [0, 0.1) is 5.92 Å². The van der Waals surface area contributed by atoms with E-state index in [4.69, 9.17) is 4.74 Å². The fraction of sp³-hybridized carbons (Fsp3) is 0.615. The van der Waals surface area contributed by atoms with Gasteiger partial charge in [-0.05, 0) is 37.3 Å². The normalized spacial score (nSPS) is 18.5. The van der Waals surface area contributed by atoms with Gasteiger partial charge in [0.05, 0.1) is 5.69 Å². The van der Waals surface area contributed by atoms with Crippen molar-refractivity contribution in [2.75, 3.05) is 6.61 Å². The van der Waals surface area contributed by atoms with Crippen LogP contribution >= 0.6 is 0 Å². The van der Waals surface area contributed by atoms with E-state index in [-0.39, 0.29) is 6.10 Å². The molecule has 2 rings (SSSR count). The molecule has 0 saturated heterocycles. The summed E-state index contributed by atoms with van der Waals surface area (Å²) in [7, 11) is 0. The molecule has 0 N–H and O–H groups in total. The van der Waals surface area contributed by atoms with Gasteiger partial charge >= 0.3 is 0 Å². The Balaban J connectivity index is 2.04. The Kier molecular flexibility index (Phi) is 3.73. The maximum Gasteiger partial charge on any atom is 0.102 e. The van der Waals surface area contributed by atoms with Crippen LogP contribution in [0.15, 0.2) is 24.4 Å². The van der Waals surface area contributed by atoms with Crippen LogP contribution in [0.2, 0.25) is 0 Å². The first-order valence-electron chi connectivity index (χ1n) is 5.94. The zero-order valence-electron chi connectivity index (χ0n) is 9.36. The van der Waals surface area contributed by atoms with Gasteiger partial charge in [0.2, 0.25) is 0 Å². The minimum absolute atomic E-state index is 0.236. The molecule has 2 heteroatoms. The maximum absolute atomic E-state index is 5.92. The van der Waals surface area contributed by atoms with Gasteiger partial charge in [-0.3, -0.25) is 4.98 Å². The van der Waals surface area contributed by atoms with Crippen molar-refractivity contribution in [3.8, 4) is 0 Å². The summed E-state index contributed by atoms with van der Waals surface area (Å²) in [5.74, 6) is 0.700. The van der Waals surface area contributed by atoms with Gasteiger partial charge in [0.15, 0.2) is 0 Å². The molecule has 1 aromatic rings. The number of hydrogen-bond donors (Lipinski definition) is 0. The standard InChI is InChI=1S/C13H19NO/c1-2-10-15-13(11-6-5-7-11)12-8-3-4-9-14-12/h3-4,8-9,11,13H,2,5-7,10H2,1H3. The van der Waals surface area contributed by atoms with Crippen molar-refractivity contribution < 1.29 is 4.74 Å². The predicted octanol–water partition coefficient (Wildman–Crippen LogP) is 3.35. The number of pyridine rings is 1. The van der Waals surface area contributed by atoms with Crippen molar-refractivity contribution in [1.82, 2.24) is 4.98 Å². The average Bonchev–Trinajstić information content (AvgIpc) is 2.22. The van der Waals surface area contributed by atoms with Crippen LogP contribution in [0.25, 0.3) is 0 Å². The van der Waals surface area contributed by atoms with Crippen LogP contribution in [0.3, 0.4) is 0 Å². The van der Waals surface area contributed by atoms with Gasteiger partial charge in [0.25, 0.3) is 0 Å². The minimum Gasteiger partial charge on any atom is -0.372 e. The van der Waals surface area contributed by atoms with Crippen LogP contribution in [0.5, 0.6) is 0 Å². The molecule has 0 spiro atoms. The molecule has 15 heavy (non-hydrogen) atoms. The SMILES string of the molecule is CCCOC(c1ccccn1)C1CCC1. The van der Waals surface area contributed by atoms with Crippen LogP contribution in [0.4, 0.5) is 0 Å². The highest BCUT2D eigenvalue weighted by Crippen LogP contribution is 2.39. The lowest BCUT2D eigenvalue weighted by Crippen LogP contribution is -2.23. The quantitative estimate of drug-likeness (QED) is 0.735. The first kappa shape index (κ1) is 10.6. The molecule has 1 unspecified atom stereocenters. The Bertz CT molecular complexity index is 282. The van der Waals surface area contributed by atoms with Gasteiger partial charge < -0.3 is 4.74 Å². The Morgan fingerprint density at radius 2 is 2.33 bits per heavy atom. The van der Waals surface area contributed by atoms with Gasteiger partial charge in [-0.2, -0.15) is 0 Å². The summed E-state index contributed by atoms with van der Waals surface area (Å²) in [5, 5.41) is 0. The van der Waals surface area contributed by atoms with Crippen molar-refractivity contribution in [2.45, 2.75) is 38.7 Å². The molecular formula is C13H19NO. The maximum atomic E-state index is 5.92. The Morgan fingerprint density at radius 3 is 2.87 bits per heavy atom.